The monoisotopic (exact) mass is 202 g/mol. The Kier molecular flexibility index (Phi) is 2.17. The van der Waals surface area contributed by atoms with Crippen molar-refractivity contribution in [1.82, 2.24) is 19.5 Å². The van der Waals surface area contributed by atoms with Crippen LogP contribution in [0.25, 0.3) is 5.82 Å². The highest BCUT2D eigenvalue weighted by molar-refractivity contribution is 5.92. The summed E-state index contributed by atoms with van der Waals surface area (Å²) in [7, 11) is 0. The molecule has 0 saturated heterocycles. The molecule has 2 heterocycles. The summed E-state index contributed by atoms with van der Waals surface area (Å²) in [6, 6.07) is 0. The first-order valence-corrected chi connectivity index (χ1v) is 4.35. The number of rotatable bonds is 2. The number of nitrogens with two attached hydrogens (primary N) is 1. The second-order valence-electron chi connectivity index (χ2n) is 3.02. The number of nitrogen functional groups attached to an aromatic ring is 1. The van der Waals surface area contributed by atoms with Crippen LogP contribution in [0.5, 0.6) is 0 Å². The first kappa shape index (κ1) is 9.32. The van der Waals surface area contributed by atoms with E-state index in [1.165, 1.54) is 6.20 Å². The molecule has 0 aliphatic rings. The van der Waals surface area contributed by atoms with Crippen LogP contribution in [0.3, 0.4) is 0 Å². The number of aromatic nitrogens is 4. The summed E-state index contributed by atoms with van der Waals surface area (Å²) >= 11 is 0. The summed E-state index contributed by atoms with van der Waals surface area (Å²) < 4.78 is 1.80. The maximum absolute atomic E-state index is 7.18. The number of hydrogen-bond acceptors (Lipinski definition) is 4. The minimum Gasteiger partial charge on any atom is -0.382 e. The number of amidine groups is 1. The Morgan fingerprint density at radius 2 is 2.13 bits per heavy atom. The SMILES string of the molecule is Cc1nccn1-c1cnc(C(=N)N)cn1. The molecule has 15 heavy (non-hydrogen) atoms. The van der Waals surface area contributed by atoms with Gasteiger partial charge >= 0.3 is 0 Å². The molecule has 0 fully saturated rings. The van der Waals surface area contributed by atoms with Gasteiger partial charge in [0.05, 0.1) is 12.4 Å². The molecule has 6 heteroatoms. The molecule has 0 radical (unpaired) electrons. The number of nitrogens with one attached hydrogen (secondary N) is 1. The van der Waals surface area contributed by atoms with E-state index in [9.17, 15) is 0 Å². The van der Waals surface area contributed by atoms with E-state index < -0.39 is 0 Å². The molecule has 0 unspecified atom stereocenters. The van der Waals surface area contributed by atoms with Crippen molar-refractivity contribution in [3.05, 3.63) is 36.3 Å². The molecule has 2 aromatic rings. The average Bonchev–Trinajstić information content (AvgIpc) is 2.65. The van der Waals surface area contributed by atoms with Gasteiger partial charge in [0.1, 0.15) is 17.4 Å². The lowest BCUT2D eigenvalue weighted by molar-refractivity contribution is 0.916. The molecule has 2 aromatic heterocycles. The van der Waals surface area contributed by atoms with Crippen molar-refractivity contribution < 1.29 is 0 Å². The molecular weight excluding hydrogens is 192 g/mol. The number of hydrogen-bond donors (Lipinski definition) is 2. The molecule has 76 valence electrons. The Morgan fingerprint density at radius 3 is 2.60 bits per heavy atom. The number of nitrogens with zero attached hydrogens (tertiary/aromatic N) is 4. The maximum atomic E-state index is 7.18. The summed E-state index contributed by atoms with van der Waals surface area (Å²) in [6.07, 6.45) is 6.52. The molecule has 0 bridgehead atoms. The lowest BCUT2D eigenvalue weighted by atomic mass is 10.4. The molecule has 2 rings (SSSR count). The third kappa shape index (κ3) is 1.69. The summed E-state index contributed by atoms with van der Waals surface area (Å²) in [5.41, 5.74) is 5.65. The van der Waals surface area contributed by atoms with Crippen molar-refractivity contribution in [2.75, 3.05) is 0 Å². The topological polar surface area (TPSA) is 93.5 Å². The highest BCUT2D eigenvalue weighted by Gasteiger charge is 2.03. The maximum Gasteiger partial charge on any atom is 0.156 e. The highest BCUT2D eigenvalue weighted by Crippen LogP contribution is 2.05. The van der Waals surface area contributed by atoms with Gasteiger partial charge in [0, 0.05) is 12.4 Å². The van der Waals surface area contributed by atoms with Crippen LogP contribution in [-0.2, 0) is 0 Å². The van der Waals surface area contributed by atoms with Gasteiger partial charge in [-0.05, 0) is 6.92 Å². The first-order valence-electron chi connectivity index (χ1n) is 4.35. The lowest BCUT2D eigenvalue weighted by Gasteiger charge is -2.03. The number of imidazole rings is 1. The standard InChI is InChI=1S/C9H10N6/c1-6-12-2-3-15(6)8-5-13-7(4-14-8)9(10)11/h2-5H,1H3,(H3,10,11). The minimum atomic E-state index is -0.0867. The van der Waals surface area contributed by atoms with Gasteiger partial charge in [-0.25, -0.2) is 15.0 Å². The first-order chi connectivity index (χ1) is 7.18. The van der Waals surface area contributed by atoms with Crippen LogP contribution in [0.2, 0.25) is 0 Å². The third-order valence-corrected chi connectivity index (χ3v) is 1.99. The van der Waals surface area contributed by atoms with Crippen molar-refractivity contribution in [3.63, 3.8) is 0 Å². The van der Waals surface area contributed by atoms with Gasteiger partial charge in [0.15, 0.2) is 5.82 Å². The molecule has 3 N–H and O–H groups in total. The molecule has 0 spiro atoms. The molecule has 0 amide bonds. The smallest absolute Gasteiger partial charge is 0.156 e. The third-order valence-electron chi connectivity index (χ3n) is 1.99. The fraction of sp³-hybridized carbons (Fsp3) is 0.111. The van der Waals surface area contributed by atoms with E-state index in [-0.39, 0.29) is 5.84 Å². The second kappa shape index (κ2) is 3.49. The molecular formula is C9H10N6. The van der Waals surface area contributed by atoms with Gasteiger partial charge in [0.25, 0.3) is 0 Å². The largest absolute Gasteiger partial charge is 0.382 e. The van der Waals surface area contributed by atoms with Gasteiger partial charge in [-0.1, -0.05) is 0 Å². The highest BCUT2D eigenvalue weighted by atomic mass is 15.1. The Bertz CT molecular complexity index is 484. The molecule has 0 aromatic carbocycles. The summed E-state index contributed by atoms with van der Waals surface area (Å²) in [6.45, 7) is 1.88. The van der Waals surface area contributed by atoms with Crippen LogP contribution in [0.1, 0.15) is 11.5 Å². The van der Waals surface area contributed by atoms with Crippen molar-refractivity contribution >= 4 is 5.84 Å². The van der Waals surface area contributed by atoms with Crippen LogP contribution in [0, 0.1) is 12.3 Å². The van der Waals surface area contributed by atoms with Gasteiger partial charge in [-0.2, -0.15) is 0 Å². The average molecular weight is 202 g/mol. The Morgan fingerprint density at radius 1 is 1.33 bits per heavy atom. The van der Waals surface area contributed by atoms with Gasteiger partial charge < -0.3 is 5.73 Å². The fourth-order valence-electron chi connectivity index (χ4n) is 1.20. The molecule has 0 atom stereocenters. The summed E-state index contributed by atoms with van der Waals surface area (Å²) in [5, 5.41) is 7.18. The van der Waals surface area contributed by atoms with E-state index in [1.54, 1.807) is 23.2 Å². The zero-order chi connectivity index (χ0) is 10.8. The molecule has 0 aliphatic carbocycles. The van der Waals surface area contributed by atoms with Crippen molar-refractivity contribution in [2.24, 2.45) is 5.73 Å². The van der Waals surface area contributed by atoms with Crippen molar-refractivity contribution in [3.8, 4) is 5.82 Å². The quantitative estimate of drug-likeness (QED) is 0.539. The van der Waals surface area contributed by atoms with Gasteiger partial charge in [0.2, 0.25) is 0 Å². The van der Waals surface area contributed by atoms with Crippen LogP contribution < -0.4 is 5.73 Å². The predicted molar refractivity (Wildman–Crippen MR) is 54.9 cm³/mol. The van der Waals surface area contributed by atoms with E-state index in [4.69, 9.17) is 11.1 Å². The van der Waals surface area contributed by atoms with Gasteiger partial charge in [-0.3, -0.25) is 9.98 Å². The zero-order valence-corrected chi connectivity index (χ0v) is 8.18. The van der Waals surface area contributed by atoms with E-state index in [0.29, 0.717) is 11.5 Å². The molecule has 0 aliphatic heterocycles. The number of aryl methyl sites for hydroxylation is 1. The molecule has 0 saturated carbocycles. The Hall–Kier alpha value is -2.24. The van der Waals surface area contributed by atoms with Crippen LogP contribution in [-0.4, -0.2) is 25.4 Å². The van der Waals surface area contributed by atoms with E-state index in [1.807, 2.05) is 6.92 Å². The minimum absolute atomic E-state index is 0.0867. The summed E-state index contributed by atoms with van der Waals surface area (Å²) in [5.74, 6) is 1.41. The van der Waals surface area contributed by atoms with E-state index in [0.717, 1.165) is 5.82 Å². The second-order valence-corrected chi connectivity index (χ2v) is 3.02. The normalized spacial score (nSPS) is 10.2. The lowest BCUT2D eigenvalue weighted by Crippen LogP contribution is -2.14. The van der Waals surface area contributed by atoms with E-state index in [2.05, 4.69) is 15.0 Å². The summed E-state index contributed by atoms with van der Waals surface area (Å²) in [4.78, 5) is 12.2. The van der Waals surface area contributed by atoms with E-state index >= 15 is 0 Å². The van der Waals surface area contributed by atoms with Crippen LogP contribution >= 0.6 is 0 Å². The van der Waals surface area contributed by atoms with Crippen LogP contribution in [0.4, 0.5) is 0 Å². The van der Waals surface area contributed by atoms with Crippen molar-refractivity contribution in [1.29, 1.82) is 5.41 Å². The molecule has 6 nitrogen and oxygen atoms in total. The Balaban J connectivity index is 2.40. The van der Waals surface area contributed by atoms with Gasteiger partial charge in [-0.15, -0.1) is 0 Å². The Labute approximate surface area is 86.3 Å². The zero-order valence-electron chi connectivity index (χ0n) is 8.18. The van der Waals surface area contributed by atoms with Crippen molar-refractivity contribution in [2.45, 2.75) is 6.92 Å². The fourth-order valence-corrected chi connectivity index (χ4v) is 1.20. The van der Waals surface area contributed by atoms with Crippen LogP contribution in [0.15, 0.2) is 24.8 Å². The predicted octanol–water partition coefficient (Wildman–Crippen LogP) is 0.255.